The minimum absolute atomic E-state index is 0.338. The highest BCUT2D eigenvalue weighted by Crippen LogP contribution is 2.27. The molecular formula is C15H18N2O2S. The summed E-state index contributed by atoms with van der Waals surface area (Å²) in [6, 6.07) is 7.85. The summed E-state index contributed by atoms with van der Waals surface area (Å²) in [5.74, 6) is -0.338. The fraction of sp³-hybridized carbons (Fsp3) is 0.333. The van der Waals surface area contributed by atoms with Crippen LogP contribution in [0.1, 0.15) is 25.3 Å². The van der Waals surface area contributed by atoms with Gasteiger partial charge in [0.05, 0.1) is 16.8 Å². The number of benzene rings is 1. The van der Waals surface area contributed by atoms with Crippen LogP contribution in [0.15, 0.2) is 30.5 Å². The van der Waals surface area contributed by atoms with Gasteiger partial charge in [0.2, 0.25) is 0 Å². The Hall–Kier alpha value is -1.88. The number of hydrogen-bond acceptors (Lipinski definition) is 5. The van der Waals surface area contributed by atoms with Crippen molar-refractivity contribution in [1.29, 1.82) is 0 Å². The van der Waals surface area contributed by atoms with Crippen LogP contribution in [0.25, 0.3) is 15.8 Å². The van der Waals surface area contributed by atoms with Crippen LogP contribution in [0, 0.1) is 0 Å². The lowest BCUT2D eigenvalue weighted by Gasteiger charge is -2.05. The number of nitrogens with one attached hydrogen (secondary N) is 1. The number of rotatable bonds is 6. The van der Waals surface area contributed by atoms with Gasteiger partial charge in [-0.2, -0.15) is 0 Å². The average molecular weight is 290 g/mol. The van der Waals surface area contributed by atoms with E-state index in [2.05, 4.69) is 17.2 Å². The molecule has 106 valence electrons. The number of carbonyl (C=O) groups excluding carboxylic acids is 1. The Morgan fingerprint density at radius 1 is 1.40 bits per heavy atom. The van der Waals surface area contributed by atoms with E-state index >= 15 is 0 Å². The molecule has 5 heteroatoms. The molecule has 0 amide bonds. The molecule has 2 rings (SSSR count). The number of carbonyl (C=O) groups is 1. The molecule has 0 aliphatic carbocycles. The quantitative estimate of drug-likeness (QED) is 0.504. The molecule has 0 aliphatic heterocycles. The maximum absolute atomic E-state index is 12.1. The molecule has 0 fully saturated rings. The minimum atomic E-state index is -0.338. The molecule has 0 atom stereocenters. The van der Waals surface area contributed by atoms with Crippen LogP contribution in [0.2, 0.25) is 0 Å². The van der Waals surface area contributed by atoms with Crippen molar-refractivity contribution >= 4 is 33.1 Å². The molecule has 0 spiro atoms. The van der Waals surface area contributed by atoms with Crippen LogP contribution >= 0.6 is 11.3 Å². The van der Waals surface area contributed by atoms with E-state index < -0.39 is 0 Å². The monoisotopic (exact) mass is 290 g/mol. The second-order valence-electron chi connectivity index (χ2n) is 4.22. The summed E-state index contributed by atoms with van der Waals surface area (Å²) in [5.41, 5.74) is 1.39. The third-order valence-corrected chi connectivity index (χ3v) is 3.73. The van der Waals surface area contributed by atoms with E-state index in [4.69, 9.17) is 4.74 Å². The van der Waals surface area contributed by atoms with Gasteiger partial charge < -0.3 is 10.1 Å². The van der Waals surface area contributed by atoms with E-state index in [0.717, 1.165) is 23.2 Å². The van der Waals surface area contributed by atoms with Gasteiger partial charge in [-0.1, -0.05) is 19.1 Å². The van der Waals surface area contributed by atoms with E-state index in [9.17, 15) is 4.79 Å². The standard InChI is InChI=1S/C15H18N2O2S/c1-3-9-16-10-11(15(18)19-4-2)14-17-12-7-5-6-8-13(12)20-14/h5-8,10,16H,3-4,9H2,1-2H3/b11-10-. The van der Waals surface area contributed by atoms with Crippen molar-refractivity contribution in [1.82, 2.24) is 10.3 Å². The van der Waals surface area contributed by atoms with Gasteiger partial charge in [0.15, 0.2) is 0 Å². The smallest absolute Gasteiger partial charge is 0.342 e. The summed E-state index contributed by atoms with van der Waals surface area (Å²) in [4.78, 5) is 16.6. The lowest BCUT2D eigenvalue weighted by Crippen LogP contribution is -2.12. The summed E-state index contributed by atoms with van der Waals surface area (Å²) in [7, 11) is 0. The predicted octanol–water partition coefficient (Wildman–Crippen LogP) is 3.20. The maximum Gasteiger partial charge on any atom is 0.342 e. The van der Waals surface area contributed by atoms with Crippen LogP contribution in [0.4, 0.5) is 0 Å². The van der Waals surface area contributed by atoms with Gasteiger partial charge in [-0.3, -0.25) is 0 Å². The number of fused-ring (bicyclic) bond motifs is 1. The Labute approximate surface area is 122 Å². The number of esters is 1. The molecule has 0 bridgehead atoms. The first-order valence-corrected chi connectivity index (χ1v) is 7.54. The topological polar surface area (TPSA) is 51.2 Å². The van der Waals surface area contributed by atoms with Crippen LogP contribution in [0.5, 0.6) is 0 Å². The van der Waals surface area contributed by atoms with E-state index in [1.807, 2.05) is 24.3 Å². The van der Waals surface area contributed by atoms with Gasteiger partial charge in [-0.15, -0.1) is 11.3 Å². The van der Waals surface area contributed by atoms with Crippen molar-refractivity contribution in [3.63, 3.8) is 0 Å². The van der Waals surface area contributed by atoms with Gasteiger partial charge in [0.1, 0.15) is 10.6 Å². The zero-order valence-electron chi connectivity index (χ0n) is 11.7. The summed E-state index contributed by atoms with van der Waals surface area (Å²) < 4.78 is 6.17. The molecule has 0 aliphatic rings. The number of aromatic nitrogens is 1. The zero-order valence-corrected chi connectivity index (χ0v) is 12.5. The Morgan fingerprint density at radius 3 is 2.90 bits per heavy atom. The fourth-order valence-corrected chi connectivity index (χ4v) is 2.69. The molecule has 0 radical (unpaired) electrons. The van der Waals surface area contributed by atoms with Crippen molar-refractivity contribution in [2.75, 3.05) is 13.2 Å². The van der Waals surface area contributed by atoms with Crippen molar-refractivity contribution in [2.24, 2.45) is 0 Å². The second kappa shape index (κ2) is 7.05. The fourth-order valence-electron chi connectivity index (χ4n) is 1.72. The molecular weight excluding hydrogens is 272 g/mol. The zero-order chi connectivity index (χ0) is 14.4. The second-order valence-corrected chi connectivity index (χ2v) is 5.25. The highest BCUT2D eigenvalue weighted by Gasteiger charge is 2.17. The van der Waals surface area contributed by atoms with Crippen molar-refractivity contribution < 1.29 is 9.53 Å². The normalized spacial score (nSPS) is 11.6. The first-order valence-electron chi connectivity index (χ1n) is 6.72. The predicted molar refractivity (Wildman–Crippen MR) is 82.5 cm³/mol. The van der Waals surface area contributed by atoms with E-state index in [1.54, 1.807) is 13.1 Å². The molecule has 20 heavy (non-hydrogen) atoms. The molecule has 1 aromatic heterocycles. The number of hydrogen-bond donors (Lipinski definition) is 1. The van der Waals surface area contributed by atoms with Gasteiger partial charge in [0, 0.05) is 12.7 Å². The van der Waals surface area contributed by atoms with E-state index in [1.165, 1.54) is 11.3 Å². The summed E-state index contributed by atoms with van der Waals surface area (Å²) in [6.45, 7) is 5.04. The van der Waals surface area contributed by atoms with Crippen LogP contribution in [-0.4, -0.2) is 24.1 Å². The van der Waals surface area contributed by atoms with E-state index in [-0.39, 0.29) is 5.97 Å². The molecule has 0 saturated heterocycles. The Bertz CT molecular complexity index is 586. The highest BCUT2D eigenvalue weighted by molar-refractivity contribution is 7.19. The SMILES string of the molecule is CCCN/C=C(\C(=O)OCC)c1nc2ccccc2s1. The molecule has 4 nitrogen and oxygen atoms in total. The summed E-state index contributed by atoms with van der Waals surface area (Å²) >= 11 is 1.50. The van der Waals surface area contributed by atoms with Crippen LogP contribution in [-0.2, 0) is 9.53 Å². The van der Waals surface area contributed by atoms with Gasteiger partial charge in [-0.25, -0.2) is 9.78 Å². The Balaban J connectivity index is 2.33. The summed E-state index contributed by atoms with van der Waals surface area (Å²) in [6.07, 6.45) is 2.70. The largest absolute Gasteiger partial charge is 0.462 e. The van der Waals surface area contributed by atoms with Crippen molar-refractivity contribution in [3.8, 4) is 0 Å². The van der Waals surface area contributed by atoms with Crippen molar-refractivity contribution in [2.45, 2.75) is 20.3 Å². The molecule has 1 aromatic carbocycles. The first-order chi connectivity index (χ1) is 9.76. The molecule has 0 unspecified atom stereocenters. The first kappa shape index (κ1) is 14.5. The lowest BCUT2D eigenvalue weighted by atomic mass is 10.3. The molecule has 2 aromatic rings. The molecule has 0 saturated carbocycles. The molecule has 1 heterocycles. The highest BCUT2D eigenvalue weighted by atomic mass is 32.1. The third-order valence-electron chi connectivity index (χ3n) is 2.66. The van der Waals surface area contributed by atoms with Crippen LogP contribution < -0.4 is 5.32 Å². The average Bonchev–Trinajstić information content (AvgIpc) is 2.87. The van der Waals surface area contributed by atoms with Crippen LogP contribution in [0.3, 0.4) is 0 Å². The minimum Gasteiger partial charge on any atom is -0.462 e. The Kier molecular flexibility index (Phi) is 5.12. The summed E-state index contributed by atoms with van der Waals surface area (Å²) in [5, 5.41) is 3.81. The van der Waals surface area contributed by atoms with E-state index in [0.29, 0.717) is 17.2 Å². The van der Waals surface area contributed by atoms with Gasteiger partial charge in [-0.05, 0) is 25.5 Å². The number of ether oxygens (including phenoxy) is 1. The third kappa shape index (κ3) is 3.36. The Morgan fingerprint density at radius 2 is 2.20 bits per heavy atom. The number of nitrogens with zero attached hydrogens (tertiary/aromatic N) is 1. The van der Waals surface area contributed by atoms with Gasteiger partial charge in [0.25, 0.3) is 0 Å². The van der Waals surface area contributed by atoms with Crippen molar-refractivity contribution in [3.05, 3.63) is 35.5 Å². The number of para-hydroxylation sites is 1. The maximum atomic E-state index is 12.1. The lowest BCUT2D eigenvalue weighted by molar-refractivity contribution is -0.136. The molecule has 1 N–H and O–H groups in total. The van der Waals surface area contributed by atoms with Gasteiger partial charge >= 0.3 is 5.97 Å². The number of thiazole rings is 1.